The molecule has 1 aromatic heterocycles. The maximum Gasteiger partial charge on any atom is 0.316 e. The van der Waals surface area contributed by atoms with Gasteiger partial charge in [0.15, 0.2) is 9.84 Å². The van der Waals surface area contributed by atoms with Gasteiger partial charge in [0.05, 0.1) is 23.5 Å². The lowest BCUT2D eigenvalue weighted by Gasteiger charge is -2.72. The number of rotatable bonds is 10. The Morgan fingerprint density at radius 3 is 2.36 bits per heavy atom. The summed E-state index contributed by atoms with van der Waals surface area (Å²) in [5.41, 5.74) is 3.21. The third-order valence-corrected chi connectivity index (χ3v) is 19.7. The van der Waals surface area contributed by atoms with Crippen LogP contribution >= 0.6 is 0 Å². The summed E-state index contributed by atoms with van der Waals surface area (Å²) in [5, 5.41) is 14.6. The zero-order valence-electron chi connectivity index (χ0n) is 34.4. The monoisotopic (exact) mass is 776 g/mol. The van der Waals surface area contributed by atoms with Crippen LogP contribution in [0.3, 0.4) is 0 Å². The first kappa shape index (κ1) is 39.5. The van der Waals surface area contributed by atoms with Crippen LogP contribution in [0, 0.1) is 50.7 Å². The Kier molecular flexibility index (Phi) is 10.2. The topological polar surface area (TPSA) is 122 Å². The van der Waals surface area contributed by atoms with Crippen molar-refractivity contribution in [2.45, 2.75) is 130 Å². The Labute approximate surface area is 330 Å². The number of allylic oxidation sites excluding steroid dienone is 4. The molecule has 55 heavy (non-hydrogen) atoms. The predicted octanol–water partition coefficient (Wildman–Crippen LogP) is 7.89. The molecule has 8 rings (SSSR count). The van der Waals surface area contributed by atoms with Gasteiger partial charge in [-0.25, -0.2) is 18.4 Å². The first-order chi connectivity index (χ1) is 26.1. The highest BCUT2D eigenvalue weighted by Crippen LogP contribution is 2.76. The molecule has 1 saturated heterocycles. The minimum Gasteiger partial charge on any atom is -0.481 e. The standard InChI is InChI=1S/C45H68N4O5S/c1-40(2)33(32-11-18-44(19-12-32,38(50)51)22-29-54-39-46-23-7-24-47-39)13-16-41(3)36(40)14-17-43(5)37(41)10-9-34-35-8-6-15-45(35,21-20-42(34,43)4)48-25-26-49-27-30-55(52,53)31-28-49/h7,11,13,23-24,34-37,48H,6,8-10,12,14-22,25-31H2,1-5H3,(H,50,51)/t34-,35-,36?,37?,41+,42-,43-,44?,45+/m1/s1. The molecule has 7 aliphatic rings. The van der Waals surface area contributed by atoms with E-state index in [-0.39, 0.29) is 16.4 Å². The molecule has 0 spiro atoms. The molecule has 9 atom stereocenters. The summed E-state index contributed by atoms with van der Waals surface area (Å²) in [5.74, 6) is 2.68. The molecule has 1 aromatic rings. The van der Waals surface area contributed by atoms with Crippen molar-refractivity contribution >= 4 is 15.8 Å². The van der Waals surface area contributed by atoms with Crippen LogP contribution in [-0.2, 0) is 14.6 Å². The number of ether oxygens (including phenoxy) is 1. The van der Waals surface area contributed by atoms with Gasteiger partial charge in [-0.3, -0.25) is 4.79 Å². The maximum absolute atomic E-state index is 12.7. The first-order valence-corrected chi connectivity index (χ1v) is 23.6. The van der Waals surface area contributed by atoms with Crippen molar-refractivity contribution in [2.75, 3.05) is 44.3 Å². The van der Waals surface area contributed by atoms with Crippen LogP contribution in [0.25, 0.3) is 0 Å². The van der Waals surface area contributed by atoms with Crippen molar-refractivity contribution in [3.05, 3.63) is 41.8 Å². The van der Waals surface area contributed by atoms with E-state index < -0.39 is 21.2 Å². The largest absolute Gasteiger partial charge is 0.481 e. The van der Waals surface area contributed by atoms with Gasteiger partial charge in [0.25, 0.3) is 0 Å². The highest BCUT2D eigenvalue weighted by atomic mass is 32.2. The maximum atomic E-state index is 12.7. The lowest BCUT2D eigenvalue weighted by molar-refractivity contribution is -0.218. The van der Waals surface area contributed by atoms with Gasteiger partial charge in [-0.1, -0.05) is 53.2 Å². The fourth-order valence-corrected chi connectivity index (χ4v) is 16.1. The summed E-state index contributed by atoms with van der Waals surface area (Å²) in [7, 11) is -2.85. The SMILES string of the molecule is CC1(C)C(C2=CCC(CCOc3ncccn3)(C(=O)O)CC2)=CC[C@@]2(C)C1CC[C@]1(C)C2CC[C@@H]2[C@H]3CCC[C@]3(NCCN3CCS(=O)(=O)CC3)CC[C@]21C. The number of sulfone groups is 1. The molecule has 0 aromatic carbocycles. The van der Waals surface area contributed by atoms with Gasteiger partial charge >= 0.3 is 12.0 Å². The number of carboxylic acids is 1. The predicted molar refractivity (Wildman–Crippen MR) is 216 cm³/mol. The van der Waals surface area contributed by atoms with E-state index in [4.69, 9.17) is 4.74 Å². The fourth-order valence-electron chi connectivity index (χ4n) is 14.8. The van der Waals surface area contributed by atoms with E-state index >= 15 is 0 Å². The van der Waals surface area contributed by atoms with E-state index in [2.05, 4.69) is 67.0 Å². The number of aromatic nitrogens is 2. The second-order valence-corrected chi connectivity index (χ2v) is 22.7. The van der Waals surface area contributed by atoms with Crippen LogP contribution in [0.2, 0.25) is 0 Å². The molecule has 3 unspecified atom stereocenters. The van der Waals surface area contributed by atoms with Gasteiger partial charge in [-0.05, 0) is 146 Å². The number of carbonyl (C=O) groups is 1. The van der Waals surface area contributed by atoms with Crippen molar-refractivity contribution in [3.8, 4) is 6.01 Å². The Balaban J connectivity index is 0.962. The van der Waals surface area contributed by atoms with Gasteiger partial charge in [-0.15, -0.1) is 0 Å². The van der Waals surface area contributed by atoms with Crippen LogP contribution in [0.5, 0.6) is 6.01 Å². The molecular weight excluding hydrogens is 709 g/mol. The van der Waals surface area contributed by atoms with Crippen molar-refractivity contribution in [2.24, 2.45) is 50.7 Å². The Hall–Kier alpha value is -2.30. The Morgan fingerprint density at radius 2 is 1.65 bits per heavy atom. The van der Waals surface area contributed by atoms with Gasteiger partial charge in [-0.2, -0.15) is 0 Å². The van der Waals surface area contributed by atoms with E-state index in [0.29, 0.717) is 79.1 Å². The highest BCUT2D eigenvalue weighted by molar-refractivity contribution is 7.91. The quantitative estimate of drug-likeness (QED) is 0.244. The van der Waals surface area contributed by atoms with Crippen molar-refractivity contribution in [1.29, 1.82) is 0 Å². The molecule has 0 bridgehead atoms. The summed E-state index contributed by atoms with van der Waals surface area (Å²) in [6.45, 7) is 16.7. The third-order valence-electron chi connectivity index (χ3n) is 18.0. The van der Waals surface area contributed by atoms with E-state index in [1.807, 2.05) is 0 Å². The van der Waals surface area contributed by atoms with Crippen molar-refractivity contribution < 1.29 is 23.1 Å². The minimum atomic E-state index is -2.85. The van der Waals surface area contributed by atoms with E-state index in [9.17, 15) is 18.3 Å². The van der Waals surface area contributed by atoms with Gasteiger partial charge in [0.2, 0.25) is 0 Å². The Morgan fingerprint density at radius 1 is 0.891 bits per heavy atom. The number of carboxylic acid groups (broad SMARTS) is 1. The van der Waals surface area contributed by atoms with E-state index in [0.717, 1.165) is 37.8 Å². The highest BCUT2D eigenvalue weighted by Gasteiger charge is 2.69. The third kappa shape index (κ3) is 6.54. The van der Waals surface area contributed by atoms with Gasteiger partial charge in [0, 0.05) is 44.1 Å². The smallest absolute Gasteiger partial charge is 0.316 e. The fraction of sp³-hybridized carbons (Fsp3) is 0.800. The second-order valence-electron chi connectivity index (χ2n) is 20.4. The molecule has 10 heteroatoms. The molecule has 304 valence electrons. The lowest BCUT2D eigenvalue weighted by atomic mass is 9.33. The lowest BCUT2D eigenvalue weighted by Crippen LogP contribution is -2.67. The molecule has 4 saturated carbocycles. The first-order valence-electron chi connectivity index (χ1n) is 21.8. The molecule has 5 fully saturated rings. The van der Waals surface area contributed by atoms with Crippen molar-refractivity contribution in [3.63, 3.8) is 0 Å². The van der Waals surface area contributed by atoms with Crippen LogP contribution in [0.4, 0.5) is 0 Å². The molecule has 2 heterocycles. The molecule has 0 amide bonds. The summed E-state index contributed by atoms with van der Waals surface area (Å²) in [4.78, 5) is 23.3. The second kappa shape index (κ2) is 14.2. The van der Waals surface area contributed by atoms with E-state index in [1.165, 1.54) is 68.9 Å². The molecular formula is C45H68N4O5S. The minimum absolute atomic E-state index is 0.0323. The van der Waals surface area contributed by atoms with Crippen LogP contribution < -0.4 is 10.1 Å². The summed E-state index contributed by atoms with van der Waals surface area (Å²) >= 11 is 0. The van der Waals surface area contributed by atoms with Gasteiger partial charge < -0.3 is 20.1 Å². The average molecular weight is 777 g/mol. The number of nitrogens with one attached hydrogen (secondary N) is 1. The number of hydrogen-bond donors (Lipinski definition) is 2. The molecule has 2 N–H and O–H groups in total. The molecule has 9 nitrogen and oxygen atoms in total. The number of hydrogen-bond acceptors (Lipinski definition) is 8. The van der Waals surface area contributed by atoms with Crippen LogP contribution in [0.1, 0.15) is 125 Å². The van der Waals surface area contributed by atoms with Gasteiger partial charge in [0.1, 0.15) is 0 Å². The summed E-state index contributed by atoms with van der Waals surface area (Å²) in [6, 6.07) is 2.04. The summed E-state index contributed by atoms with van der Waals surface area (Å²) in [6.07, 6.45) is 23.5. The Bertz CT molecular complexity index is 1780. The summed E-state index contributed by atoms with van der Waals surface area (Å²) < 4.78 is 29.7. The van der Waals surface area contributed by atoms with Crippen LogP contribution in [-0.4, -0.2) is 84.2 Å². The number of aliphatic carboxylic acids is 1. The van der Waals surface area contributed by atoms with E-state index in [1.54, 1.807) is 18.5 Å². The molecule has 6 aliphatic carbocycles. The zero-order chi connectivity index (χ0) is 38.9. The molecule has 0 radical (unpaired) electrons. The normalized spacial score (nSPS) is 42.1. The number of fused-ring (bicyclic) bond motifs is 7. The van der Waals surface area contributed by atoms with Crippen molar-refractivity contribution in [1.82, 2.24) is 20.2 Å². The zero-order valence-corrected chi connectivity index (χ0v) is 35.2. The molecule has 1 aliphatic heterocycles. The average Bonchev–Trinajstić information content (AvgIpc) is 3.57. The number of nitrogens with zero attached hydrogens (tertiary/aromatic N) is 3. The van der Waals surface area contributed by atoms with Crippen LogP contribution in [0.15, 0.2) is 41.8 Å².